The molecule has 0 saturated carbocycles. The van der Waals surface area contributed by atoms with E-state index in [4.69, 9.17) is 18.0 Å². The van der Waals surface area contributed by atoms with Crippen molar-refractivity contribution in [1.82, 2.24) is 14.1 Å². The second-order valence-electron chi connectivity index (χ2n) is 3.87. The average molecular weight is 276 g/mol. The molecule has 0 aliphatic carbocycles. The monoisotopic (exact) mass is 276 g/mol. The largest absolute Gasteiger partial charge is 0.392 e. The molecule has 0 radical (unpaired) electrons. The van der Waals surface area contributed by atoms with Gasteiger partial charge in [0.2, 0.25) is 10.0 Å². The van der Waals surface area contributed by atoms with Gasteiger partial charge in [-0.2, -0.15) is 9.40 Å². The van der Waals surface area contributed by atoms with E-state index in [0.29, 0.717) is 0 Å². The predicted molar refractivity (Wildman–Crippen MR) is 69.8 cm³/mol. The molecule has 8 heteroatoms. The van der Waals surface area contributed by atoms with Crippen molar-refractivity contribution in [2.24, 2.45) is 12.8 Å². The normalized spacial score (nSPS) is 13.9. The molecule has 1 atom stereocenters. The number of nitrogens with zero attached hydrogens (tertiary/aromatic N) is 3. The molecule has 2 N–H and O–H groups in total. The summed E-state index contributed by atoms with van der Waals surface area (Å²) in [6, 6.07) is 0. The molecule has 0 bridgehead atoms. The zero-order chi connectivity index (χ0) is 13.2. The Bertz CT molecular complexity index is 509. The Hall–Kier alpha value is -0.990. The van der Waals surface area contributed by atoms with E-state index in [9.17, 15) is 8.42 Å². The van der Waals surface area contributed by atoms with Gasteiger partial charge in [0.15, 0.2) is 0 Å². The van der Waals surface area contributed by atoms with E-state index in [1.807, 2.05) is 0 Å². The van der Waals surface area contributed by atoms with Crippen LogP contribution in [0, 0.1) is 0 Å². The molecule has 0 aliphatic rings. The molecule has 6 nitrogen and oxygen atoms in total. The summed E-state index contributed by atoms with van der Waals surface area (Å²) in [5.74, 6) is 0. The van der Waals surface area contributed by atoms with Crippen molar-refractivity contribution in [2.75, 3.05) is 7.05 Å². The van der Waals surface area contributed by atoms with Gasteiger partial charge in [-0.1, -0.05) is 12.2 Å². The Kier molecular flexibility index (Phi) is 4.23. The Morgan fingerprint density at radius 1 is 1.71 bits per heavy atom. The lowest BCUT2D eigenvalue weighted by Crippen LogP contribution is -2.40. The second kappa shape index (κ2) is 5.11. The van der Waals surface area contributed by atoms with Crippen LogP contribution >= 0.6 is 12.2 Å². The summed E-state index contributed by atoms with van der Waals surface area (Å²) in [5.41, 5.74) is 6.18. The molecule has 1 unspecified atom stereocenters. The highest BCUT2D eigenvalue weighted by atomic mass is 32.2. The first-order valence-electron chi connectivity index (χ1n) is 4.97. The summed E-state index contributed by atoms with van der Waals surface area (Å²) in [6.07, 6.45) is 3.38. The molecule has 0 aromatic carbocycles. The van der Waals surface area contributed by atoms with Crippen molar-refractivity contribution >= 4 is 27.2 Å². The highest BCUT2D eigenvalue weighted by molar-refractivity contribution is 7.92. The Morgan fingerprint density at radius 2 is 2.29 bits per heavy atom. The third kappa shape index (κ3) is 3.24. The van der Waals surface area contributed by atoms with Gasteiger partial charge in [-0.25, -0.2) is 8.42 Å². The summed E-state index contributed by atoms with van der Waals surface area (Å²) in [5, 5.41) is 3.11. The van der Waals surface area contributed by atoms with E-state index in [-0.39, 0.29) is 11.5 Å². The number of aryl methyl sites for hydroxylation is 1. The topological polar surface area (TPSA) is 81.2 Å². The molecule has 0 fully saturated rings. The summed E-state index contributed by atoms with van der Waals surface area (Å²) < 4.78 is 26.9. The minimum absolute atomic E-state index is 0.0250. The molecule has 17 heavy (non-hydrogen) atoms. The van der Waals surface area contributed by atoms with Crippen molar-refractivity contribution in [3.63, 3.8) is 0 Å². The van der Waals surface area contributed by atoms with Crippen LogP contribution < -0.4 is 5.73 Å². The first-order chi connectivity index (χ1) is 7.75. The van der Waals surface area contributed by atoms with Crippen molar-refractivity contribution in [3.05, 3.63) is 18.0 Å². The van der Waals surface area contributed by atoms with E-state index >= 15 is 0 Å². The van der Waals surface area contributed by atoms with Gasteiger partial charge in [0.05, 0.1) is 11.2 Å². The van der Waals surface area contributed by atoms with Crippen molar-refractivity contribution < 1.29 is 8.42 Å². The van der Waals surface area contributed by atoms with Crippen LogP contribution in [-0.4, -0.2) is 39.8 Å². The van der Waals surface area contributed by atoms with Gasteiger partial charge in [0.25, 0.3) is 0 Å². The van der Waals surface area contributed by atoms with Gasteiger partial charge in [0.1, 0.15) is 5.25 Å². The molecular formula is C9H16N4O2S2. The van der Waals surface area contributed by atoms with Gasteiger partial charge >= 0.3 is 0 Å². The fourth-order valence-electron chi connectivity index (χ4n) is 1.32. The molecule has 96 valence electrons. The van der Waals surface area contributed by atoms with Crippen molar-refractivity contribution in [1.29, 1.82) is 0 Å². The zero-order valence-electron chi connectivity index (χ0n) is 9.99. The third-order valence-corrected chi connectivity index (χ3v) is 5.09. The lowest BCUT2D eigenvalue weighted by atomic mass is 10.4. The van der Waals surface area contributed by atoms with E-state index < -0.39 is 15.3 Å². The lowest BCUT2D eigenvalue weighted by molar-refractivity contribution is 0.464. The molecule has 0 amide bonds. The molecule has 0 saturated heterocycles. The number of hydrogen-bond donors (Lipinski definition) is 1. The molecule has 0 aliphatic heterocycles. The second-order valence-corrected chi connectivity index (χ2v) is 6.70. The maximum atomic E-state index is 12.0. The SMILES string of the molecule is CC(C(N)=S)S(=O)(=O)N(C)Cc1cnn(C)c1. The standard InChI is InChI=1S/C9H16N4O2S2/c1-7(9(10)16)17(14,15)13(3)6-8-4-11-12(2)5-8/h4-5,7H,6H2,1-3H3,(H2,10,16). The summed E-state index contributed by atoms with van der Waals surface area (Å²) in [4.78, 5) is -0.0250. The smallest absolute Gasteiger partial charge is 0.223 e. The van der Waals surface area contributed by atoms with E-state index in [1.165, 1.54) is 18.3 Å². The minimum Gasteiger partial charge on any atom is -0.392 e. The third-order valence-electron chi connectivity index (χ3n) is 2.45. The number of hydrogen-bond acceptors (Lipinski definition) is 4. The maximum absolute atomic E-state index is 12.0. The fraction of sp³-hybridized carbons (Fsp3) is 0.556. The van der Waals surface area contributed by atoms with Crippen LogP contribution in [0.5, 0.6) is 0 Å². The Morgan fingerprint density at radius 3 is 2.71 bits per heavy atom. The molecule has 0 spiro atoms. The first-order valence-corrected chi connectivity index (χ1v) is 6.88. The van der Waals surface area contributed by atoms with Crippen LogP contribution in [0.4, 0.5) is 0 Å². The van der Waals surface area contributed by atoms with E-state index in [0.717, 1.165) is 5.56 Å². The first kappa shape index (κ1) is 14.1. The Balaban J connectivity index is 2.83. The minimum atomic E-state index is -3.50. The average Bonchev–Trinajstić information content (AvgIpc) is 2.62. The van der Waals surface area contributed by atoms with Gasteiger partial charge < -0.3 is 5.73 Å². The van der Waals surface area contributed by atoms with E-state index in [2.05, 4.69) is 5.10 Å². The number of aromatic nitrogens is 2. The summed E-state index contributed by atoms with van der Waals surface area (Å²) >= 11 is 4.71. The van der Waals surface area contributed by atoms with E-state index in [1.54, 1.807) is 24.1 Å². The van der Waals surface area contributed by atoms with Crippen LogP contribution in [0.3, 0.4) is 0 Å². The van der Waals surface area contributed by atoms with Crippen molar-refractivity contribution in [3.8, 4) is 0 Å². The van der Waals surface area contributed by atoms with Gasteiger partial charge in [-0.15, -0.1) is 0 Å². The summed E-state index contributed by atoms with van der Waals surface area (Å²) in [6.45, 7) is 1.74. The van der Waals surface area contributed by atoms with Crippen molar-refractivity contribution in [2.45, 2.75) is 18.7 Å². The fourth-order valence-corrected chi connectivity index (χ4v) is 2.84. The van der Waals surface area contributed by atoms with Gasteiger partial charge in [0, 0.05) is 32.4 Å². The Labute approximate surface area is 106 Å². The number of rotatable bonds is 5. The maximum Gasteiger partial charge on any atom is 0.223 e. The quantitative estimate of drug-likeness (QED) is 0.757. The molecule has 1 heterocycles. The number of nitrogens with two attached hydrogens (primary N) is 1. The van der Waals surface area contributed by atoms with Crippen LogP contribution in [0.1, 0.15) is 12.5 Å². The van der Waals surface area contributed by atoms with Crippen LogP contribution in [0.15, 0.2) is 12.4 Å². The molecule has 1 rings (SSSR count). The van der Waals surface area contributed by atoms with Crippen LogP contribution in [-0.2, 0) is 23.6 Å². The number of thiocarbonyl (C=S) groups is 1. The van der Waals surface area contributed by atoms with Crippen LogP contribution in [0.25, 0.3) is 0 Å². The lowest BCUT2D eigenvalue weighted by Gasteiger charge is -2.20. The number of sulfonamides is 1. The highest BCUT2D eigenvalue weighted by Crippen LogP contribution is 2.11. The molecule has 1 aromatic rings. The molecular weight excluding hydrogens is 260 g/mol. The predicted octanol–water partition coefficient (Wildman–Crippen LogP) is -0.144. The van der Waals surface area contributed by atoms with Gasteiger partial charge in [-0.3, -0.25) is 4.68 Å². The molecule has 1 aromatic heterocycles. The van der Waals surface area contributed by atoms with Gasteiger partial charge in [-0.05, 0) is 6.92 Å². The zero-order valence-corrected chi connectivity index (χ0v) is 11.6. The summed E-state index contributed by atoms with van der Waals surface area (Å²) in [7, 11) is -0.227. The highest BCUT2D eigenvalue weighted by Gasteiger charge is 2.28. The van der Waals surface area contributed by atoms with Crippen LogP contribution in [0.2, 0.25) is 0 Å².